The average molecular weight is 557 g/mol. The van der Waals surface area contributed by atoms with Crippen LogP contribution in [0.25, 0.3) is 0 Å². The fourth-order valence-electron chi connectivity index (χ4n) is 6.15. The van der Waals surface area contributed by atoms with Gasteiger partial charge in [-0.3, -0.25) is 9.98 Å². The first-order valence-electron chi connectivity index (χ1n) is 13.7. The first kappa shape index (κ1) is 32.3. The predicted octanol–water partition coefficient (Wildman–Crippen LogP) is 8.75. The molecule has 10 heteroatoms. The van der Waals surface area contributed by atoms with Gasteiger partial charge in [-0.1, -0.05) is 27.7 Å². The standard InChI is InChI=1S/C27H46F6N2OSi/c1-16-12-21(26(28,29)30)13-17(2)24(16)34-20(5)23(10-9-11-36-37(6,7)8)35-25-18(3)14-22(15-19(25)4)27(31,32)33/h16-19,21-22,24-25H,9-15H2,1-8H3. The largest absolute Gasteiger partial charge is 0.418 e. The van der Waals surface area contributed by atoms with Crippen LogP contribution in [0.4, 0.5) is 26.3 Å². The smallest absolute Gasteiger partial charge is 0.391 e. The van der Waals surface area contributed by atoms with Crippen molar-refractivity contribution in [3.05, 3.63) is 0 Å². The van der Waals surface area contributed by atoms with Crippen LogP contribution in [-0.2, 0) is 4.43 Å². The van der Waals surface area contributed by atoms with Crippen LogP contribution >= 0.6 is 0 Å². The Hall–Kier alpha value is -0.903. The summed E-state index contributed by atoms with van der Waals surface area (Å²) in [5, 5.41) is 0. The molecule has 0 aromatic heterocycles. The Kier molecular flexibility index (Phi) is 10.9. The van der Waals surface area contributed by atoms with Gasteiger partial charge >= 0.3 is 12.4 Å². The number of hydrogen-bond acceptors (Lipinski definition) is 3. The fraction of sp³-hybridized carbons (Fsp3) is 0.926. The van der Waals surface area contributed by atoms with Gasteiger partial charge in [-0.25, -0.2) is 0 Å². The molecule has 0 aromatic carbocycles. The van der Waals surface area contributed by atoms with Crippen LogP contribution in [0.3, 0.4) is 0 Å². The molecule has 2 saturated carbocycles. The topological polar surface area (TPSA) is 34.0 Å². The lowest BCUT2D eigenvalue weighted by molar-refractivity contribution is -0.190. The van der Waals surface area contributed by atoms with Crippen LogP contribution in [0.5, 0.6) is 0 Å². The second kappa shape index (κ2) is 12.5. The molecule has 0 aromatic rings. The minimum absolute atomic E-state index is 0.0553. The lowest BCUT2D eigenvalue weighted by Gasteiger charge is -2.39. The summed E-state index contributed by atoms with van der Waals surface area (Å²) in [5.41, 5.74) is 1.45. The van der Waals surface area contributed by atoms with Crippen molar-refractivity contribution in [2.75, 3.05) is 6.61 Å². The number of halogens is 6. The molecule has 2 aliphatic rings. The quantitative estimate of drug-likeness (QED) is 0.127. The summed E-state index contributed by atoms with van der Waals surface area (Å²) in [6.45, 7) is 16.1. The van der Waals surface area contributed by atoms with Crippen molar-refractivity contribution in [2.24, 2.45) is 45.5 Å². The number of nitrogens with zero attached hydrogens (tertiary/aromatic N) is 2. The zero-order valence-corrected chi connectivity index (χ0v) is 24.6. The van der Waals surface area contributed by atoms with Crippen LogP contribution in [0, 0.1) is 35.5 Å². The molecule has 4 atom stereocenters. The molecule has 37 heavy (non-hydrogen) atoms. The van der Waals surface area contributed by atoms with Crippen LogP contribution in [0.1, 0.15) is 73.1 Å². The molecule has 0 saturated heterocycles. The molecule has 0 radical (unpaired) electrons. The SMILES string of the molecule is CC(=NC1C(C)CC(C(F)(F)F)CC1C)C(CCCO[Si](C)(C)C)=NC1C(C)CC(C(F)(F)F)CC1C. The first-order valence-corrected chi connectivity index (χ1v) is 17.1. The van der Waals surface area contributed by atoms with Crippen molar-refractivity contribution in [1.29, 1.82) is 0 Å². The number of alkyl halides is 6. The average Bonchev–Trinajstić information content (AvgIpc) is 2.72. The molecular weight excluding hydrogens is 510 g/mol. The molecule has 0 aliphatic heterocycles. The zero-order chi connectivity index (χ0) is 28.3. The van der Waals surface area contributed by atoms with Gasteiger partial charge in [0.2, 0.25) is 0 Å². The van der Waals surface area contributed by atoms with Gasteiger partial charge in [0.25, 0.3) is 0 Å². The third kappa shape index (κ3) is 9.66. The molecule has 2 rings (SSSR count). The molecule has 2 fully saturated rings. The maximum absolute atomic E-state index is 13.4. The van der Waals surface area contributed by atoms with Gasteiger partial charge < -0.3 is 4.43 Å². The van der Waals surface area contributed by atoms with Crippen molar-refractivity contribution in [3.8, 4) is 0 Å². The highest BCUT2D eigenvalue weighted by atomic mass is 28.4. The monoisotopic (exact) mass is 556 g/mol. The van der Waals surface area contributed by atoms with E-state index in [-0.39, 0.29) is 61.4 Å². The highest BCUT2D eigenvalue weighted by Crippen LogP contribution is 2.45. The molecule has 216 valence electrons. The highest BCUT2D eigenvalue weighted by Gasteiger charge is 2.47. The number of hydrogen-bond donors (Lipinski definition) is 0. The summed E-state index contributed by atoms with van der Waals surface area (Å²) in [4.78, 5) is 9.93. The highest BCUT2D eigenvalue weighted by molar-refractivity contribution is 6.69. The minimum Gasteiger partial charge on any atom is -0.418 e. The Morgan fingerprint density at radius 3 is 1.46 bits per heavy atom. The van der Waals surface area contributed by atoms with E-state index in [0.29, 0.717) is 25.2 Å². The second-order valence-corrected chi connectivity index (χ2v) is 17.2. The van der Waals surface area contributed by atoms with Gasteiger partial charge in [0, 0.05) is 6.61 Å². The van der Waals surface area contributed by atoms with E-state index in [0.717, 1.165) is 5.71 Å². The molecule has 3 nitrogen and oxygen atoms in total. The summed E-state index contributed by atoms with van der Waals surface area (Å²) in [5.74, 6) is -3.50. The van der Waals surface area contributed by atoms with Crippen LogP contribution in [-0.4, -0.2) is 50.8 Å². The van der Waals surface area contributed by atoms with E-state index < -0.39 is 32.5 Å². The van der Waals surface area contributed by atoms with E-state index in [9.17, 15) is 26.3 Å². The maximum atomic E-state index is 13.4. The van der Waals surface area contributed by atoms with E-state index in [1.165, 1.54) is 0 Å². The lowest BCUT2D eigenvalue weighted by Crippen LogP contribution is -2.40. The van der Waals surface area contributed by atoms with Gasteiger partial charge in [0.05, 0.1) is 35.3 Å². The summed E-state index contributed by atoms with van der Waals surface area (Å²) < 4.78 is 86.3. The molecule has 2 aliphatic carbocycles. The molecule has 0 amide bonds. The Morgan fingerprint density at radius 2 is 1.11 bits per heavy atom. The third-order valence-electron chi connectivity index (χ3n) is 8.04. The van der Waals surface area contributed by atoms with Crippen molar-refractivity contribution in [2.45, 2.75) is 117 Å². The summed E-state index contributed by atoms with van der Waals surface area (Å²) in [6.07, 6.45) is -6.88. The molecule has 0 N–H and O–H groups in total. The molecule has 0 spiro atoms. The van der Waals surface area contributed by atoms with Crippen molar-refractivity contribution < 1.29 is 30.8 Å². The Labute approximate surface area is 220 Å². The Bertz CT molecular complexity index is 780. The lowest BCUT2D eigenvalue weighted by atomic mass is 9.72. The van der Waals surface area contributed by atoms with Gasteiger partial charge in [-0.15, -0.1) is 0 Å². The fourth-order valence-corrected chi connectivity index (χ4v) is 6.90. The van der Waals surface area contributed by atoms with Crippen molar-refractivity contribution in [1.82, 2.24) is 0 Å². The van der Waals surface area contributed by atoms with Crippen molar-refractivity contribution >= 4 is 19.7 Å². The molecule has 0 heterocycles. The van der Waals surface area contributed by atoms with E-state index >= 15 is 0 Å². The van der Waals surface area contributed by atoms with Gasteiger partial charge in [-0.05, 0) is 88.8 Å². The second-order valence-electron chi connectivity index (χ2n) is 12.7. The van der Waals surface area contributed by atoms with Crippen LogP contribution in [0.15, 0.2) is 9.98 Å². The maximum Gasteiger partial charge on any atom is 0.391 e. The van der Waals surface area contributed by atoms with E-state index in [1.54, 1.807) is 0 Å². The van der Waals surface area contributed by atoms with Crippen LogP contribution < -0.4 is 0 Å². The molecular formula is C27H46F6N2OSi. The summed E-state index contributed by atoms with van der Waals surface area (Å²) in [6, 6.07) is -0.481. The van der Waals surface area contributed by atoms with Gasteiger partial charge in [0.1, 0.15) is 0 Å². The predicted molar refractivity (Wildman–Crippen MR) is 141 cm³/mol. The van der Waals surface area contributed by atoms with Gasteiger partial charge in [0.15, 0.2) is 8.32 Å². The minimum atomic E-state index is -4.20. The summed E-state index contributed by atoms with van der Waals surface area (Å²) >= 11 is 0. The normalized spacial score (nSPS) is 35.1. The summed E-state index contributed by atoms with van der Waals surface area (Å²) in [7, 11) is -1.69. The van der Waals surface area contributed by atoms with Crippen molar-refractivity contribution in [3.63, 3.8) is 0 Å². The zero-order valence-electron chi connectivity index (χ0n) is 23.6. The Morgan fingerprint density at radius 1 is 0.730 bits per heavy atom. The van der Waals surface area contributed by atoms with E-state index in [4.69, 9.17) is 14.4 Å². The number of aliphatic imine (C=N–C) groups is 2. The van der Waals surface area contributed by atoms with E-state index in [2.05, 4.69) is 19.6 Å². The first-order chi connectivity index (χ1) is 16.8. The number of rotatable bonds is 8. The Balaban J connectivity index is 2.28. The van der Waals surface area contributed by atoms with Gasteiger partial charge in [-0.2, -0.15) is 26.3 Å². The molecule has 0 bridgehead atoms. The third-order valence-corrected chi connectivity index (χ3v) is 9.11. The van der Waals surface area contributed by atoms with E-state index in [1.807, 2.05) is 34.6 Å². The molecule has 4 unspecified atom stereocenters. The van der Waals surface area contributed by atoms with Crippen LogP contribution in [0.2, 0.25) is 19.6 Å².